The molecule has 2 unspecified atom stereocenters. The maximum Gasteiger partial charge on any atom is 0.256 e. The van der Waals surface area contributed by atoms with Crippen molar-refractivity contribution in [3.8, 4) is 0 Å². The molecule has 1 aromatic carbocycles. The minimum Gasteiger partial charge on any atom is -0.341 e. The van der Waals surface area contributed by atoms with Crippen molar-refractivity contribution in [1.82, 2.24) is 15.1 Å². The molecular formula is C18H24Cl3N3O2. The van der Waals surface area contributed by atoms with E-state index in [4.69, 9.17) is 23.2 Å². The molecule has 0 aliphatic carbocycles. The Balaban J connectivity index is 0.00000243. The minimum atomic E-state index is -0.393. The second-order valence-electron chi connectivity index (χ2n) is 6.78. The van der Waals surface area contributed by atoms with Gasteiger partial charge in [0.25, 0.3) is 5.91 Å². The monoisotopic (exact) mass is 419 g/mol. The summed E-state index contributed by atoms with van der Waals surface area (Å²) in [5, 5.41) is 3.99. The molecule has 0 aromatic heterocycles. The SMILES string of the molecule is CNCC1CCN(C(=O)C2CCCN2C(=O)c2cc(Cl)ccc2Cl)C1.Cl. The van der Waals surface area contributed by atoms with Gasteiger partial charge >= 0.3 is 0 Å². The quantitative estimate of drug-likeness (QED) is 0.814. The van der Waals surface area contributed by atoms with Gasteiger partial charge in [0, 0.05) is 24.7 Å². The van der Waals surface area contributed by atoms with Crippen molar-refractivity contribution in [2.45, 2.75) is 25.3 Å². The Morgan fingerprint density at radius 2 is 2.00 bits per heavy atom. The van der Waals surface area contributed by atoms with E-state index in [0.717, 1.165) is 32.5 Å². The lowest BCUT2D eigenvalue weighted by molar-refractivity contribution is -0.134. The van der Waals surface area contributed by atoms with Gasteiger partial charge in [0.1, 0.15) is 6.04 Å². The summed E-state index contributed by atoms with van der Waals surface area (Å²) in [6.07, 6.45) is 2.54. The van der Waals surface area contributed by atoms with Crippen molar-refractivity contribution in [2.24, 2.45) is 5.92 Å². The summed E-state index contributed by atoms with van der Waals surface area (Å²) in [5.41, 5.74) is 0.364. The van der Waals surface area contributed by atoms with Crippen molar-refractivity contribution in [3.05, 3.63) is 33.8 Å². The average Bonchev–Trinajstić information content (AvgIpc) is 3.25. The number of halogens is 3. The number of carbonyl (C=O) groups is 2. The van der Waals surface area contributed by atoms with E-state index in [9.17, 15) is 9.59 Å². The zero-order valence-corrected chi connectivity index (χ0v) is 17.0. The van der Waals surface area contributed by atoms with Gasteiger partial charge in [-0.15, -0.1) is 12.4 Å². The Hall–Kier alpha value is -1.01. The molecule has 2 aliphatic heterocycles. The van der Waals surface area contributed by atoms with E-state index < -0.39 is 6.04 Å². The highest BCUT2D eigenvalue weighted by Gasteiger charge is 2.39. The molecule has 144 valence electrons. The van der Waals surface area contributed by atoms with Crippen molar-refractivity contribution < 1.29 is 9.59 Å². The van der Waals surface area contributed by atoms with Crippen LogP contribution in [0.15, 0.2) is 18.2 Å². The van der Waals surface area contributed by atoms with E-state index >= 15 is 0 Å². The molecule has 2 saturated heterocycles. The van der Waals surface area contributed by atoms with E-state index in [1.54, 1.807) is 23.1 Å². The van der Waals surface area contributed by atoms with Gasteiger partial charge in [-0.3, -0.25) is 9.59 Å². The first-order valence-electron chi connectivity index (χ1n) is 8.70. The third-order valence-electron chi connectivity index (χ3n) is 5.05. The van der Waals surface area contributed by atoms with Crippen LogP contribution in [0.5, 0.6) is 0 Å². The Labute approximate surface area is 170 Å². The molecule has 5 nitrogen and oxygen atoms in total. The summed E-state index contributed by atoms with van der Waals surface area (Å²) in [7, 11) is 1.93. The number of rotatable bonds is 4. The fourth-order valence-electron chi connectivity index (χ4n) is 3.78. The second-order valence-corrected chi connectivity index (χ2v) is 7.62. The van der Waals surface area contributed by atoms with Gasteiger partial charge in [0.15, 0.2) is 0 Å². The molecule has 1 N–H and O–H groups in total. The minimum absolute atomic E-state index is 0. The van der Waals surface area contributed by atoms with Gasteiger partial charge in [-0.2, -0.15) is 0 Å². The first kappa shape index (κ1) is 21.3. The maximum absolute atomic E-state index is 12.9. The summed E-state index contributed by atoms with van der Waals surface area (Å²) >= 11 is 12.2. The van der Waals surface area contributed by atoms with Gasteiger partial charge in [-0.25, -0.2) is 0 Å². The van der Waals surface area contributed by atoms with Crippen molar-refractivity contribution in [2.75, 3.05) is 33.2 Å². The van der Waals surface area contributed by atoms with Crippen LogP contribution in [0.3, 0.4) is 0 Å². The first-order chi connectivity index (χ1) is 12.0. The molecule has 2 amide bonds. The van der Waals surface area contributed by atoms with E-state index in [2.05, 4.69) is 5.32 Å². The third-order valence-corrected chi connectivity index (χ3v) is 5.61. The molecular weight excluding hydrogens is 397 g/mol. The number of nitrogens with zero attached hydrogens (tertiary/aromatic N) is 2. The van der Waals surface area contributed by atoms with Gasteiger partial charge in [0.2, 0.25) is 5.91 Å². The van der Waals surface area contributed by atoms with Crippen LogP contribution in [-0.2, 0) is 4.79 Å². The first-order valence-corrected chi connectivity index (χ1v) is 9.46. The summed E-state index contributed by atoms with van der Waals surface area (Å²) in [4.78, 5) is 29.4. The lowest BCUT2D eigenvalue weighted by atomic mass is 10.1. The Morgan fingerprint density at radius 1 is 1.23 bits per heavy atom. The molecule has 0 bridgehead atoms. The van der Waals surface area contributed by atoms with E-state index in [-0.39, 0.29) is 24.2 Å². The number of nitrogens with one attached hydrogen (secondary N) is 1. The molecule has 2 heterocycles. The highest BCUT2D eigenvalue weighted by atomic mass is 35.5. The fourth-order valence-corrected chi connectivity index (χ4v) is 4.15. The number of hydrogen-bond donors (Lipinski definition) is 1. The molecule has 8 heteroatoms. The number of likely N-dealkylation sites (tertiary alicyclic amines) is 2. The average molecular weight is 421 g/mol. The van der Waals surface area contributed by atoms with Crippen LogP contribution in [0.4, 0.5) is 0 Å². The summed E-state index contributed by atoms with van der Waals surface area (Å²) in [5.74, 6) is 0.332. The Morgan fingerprint density at radius 3 is 2.73 bits per heavy atom. The van der Waals surface area contributed by atoms with Crippen LogP contribution in [0.2, 0.25) is 10.0 Å². The van der Waals surface area contributed by atoms with Crippen molar-refractivity contribution in [1.29, 1.82) is 0 Å². The molecule has 0 spiro atoms. The maximum atomic E-state index is 12.9. The van der Waals surface area contributed by atoms with E-state index in [0.29, 0.717) is 34.5 Å². The lowest BCUT2D eigenvalue weighted by Crippen LogP contribution is -2.47. The zero-order chi connectivity index (χ0) is 18.0. The zero-order valence-electron chi connectivity index (χ0n) is 14.7. The normalized spacial score (nSPS) is 22.4. The van der Waals surface area contributed by atoms with Crippen LogP contribution >= 0.6 is 35.6 Å². The number of carbonyl (C=O) groups excluding carboxylic acids is 2. The smallest absolute Gasteiger partial charge is 0.256 e. The highest BCUT2D eigenvalue weighted by Crippen LogP contribution is 2.28. The third kappa shape index (κ3) is 4.45. The number of benzene rings is 1. The summed E-state index contributed by atoms with van der Waals surface area (Å²) < 4.78 is 0. The molecule has 1 aromatic rings. The lowest BCUT2D eigenvalue weighted by Gasteiger charge is -2.28. The highest BCUT2D eigenvalue weighted by molar-refractivity contribution is 6.35. The van der Waals surface area contributed by atoms with E-state index in [1.165, 1.54) is 0 Å². The van der Waals surface area contributed by atoms with Crippen molar-refractivity contribution >= 4 is 47.4 Å². The van der Waals surface area contributed by atoms with E-state index in [1.807, 2.05) is 11.9 Å². The molecule has 26 heavy (non-hydrogen) atoms. The van der Waals surface area contributed by atoms with Gasteiger partial charge in [-0.1, -0.05) is 23.2 Å². The van der Waals surface area contributed by atoms with Gasteiger partial charge < -0.3 is 15.1 Å². The molecule has 3 rings (SSSR count). The Kier molecular flexibility index (Phi) is 7.59. The largest absolute Gasteiger partial charge is 0.341 e. The molecule has 0 saturated carbocycles. The number of hydrogen-bond acceptors (Lipinski definition) is 3. The standard InChI is InChI=1S/C18H23Cl2N3O2.ClH/c1-21-10-12-6-8-22(11-12)18(25)16-3-2-7-23(16)17(24)14-9-13(19)4-5-15(14)20;/h4-5,9,12,16,21H,2-3,6-8,10-11H2,1H3;1H. The topological polar surface area (TPSA) is 52.7 Å². The fraction of sp³-hybridized carbons (Fsp3) is 0.556. The van der Waals surface area contributed by atoms with Crippen LogP contribution in [0.25, 0.3) is 0 Å². The molecule has 0 radical (unpaired) electrons. The second kappa shape index (κ2) is 9.27. The number of amides is 2. The Bertz CT molecular complexity index is 671. The van der Waals surface area contributed by atoms with Crippen molar-refractivity contribution in [3.63, 3.8) is 0 Å². The van der Waals surface area contributed by atoms with Crippen LogP contribution in [0, 0.1) is 5.92 Å². The molecule has 2 aliphatic rings. The predicted octanol–water partition coefficient (Wildman–Crippen LogP) is 3.09. The summed E-state index contributed by atoms with van der Waals surface area (Å²) in [6, 6.07) is 4.45. The predicted molar refractivity (Wildman–Crippen MR) is 106 cm³/mol. The van der Waals surface area contributed by atoms with Crippen LogP contribution in [0.1, 0.15) is 29.6 Å². The molecule has 2 atom stereocenters. The van der Waals surface area contributed by atoms with Crippen LogP contribution in [-0.4, -0.2) is 60.9 Å². The summed E-state index contributed by atoms with van der Waals surface area (Å²) in [6.45, 7) is 3.01. The van der Waals surface area contributed by atoms with Crippen LogP contribution < -0.4 is 5.32 Å². The molecule has 2 fully saturated rings. The van der Waals surface area contributed by atoms with Gasteiger partial charge in [0.05, 0.1) is 10.6 Å². The van der Waals surface area contributed by atoms with Gasteiger partial charge in [-0.05, 0) is 57.0 Å².